The van der Waals surface area contributed by atoms with Crippen LogP contribution in [0.3, 0.4) is 0 Å². The average Bonchev–Trinajstić information content (AvgIpc) is 3.58. The first-order chi connectivity index (χ1) is 16.2. The van der Waals surface area contributed by atoms with Crippen molar-refractivity contribution in [3.05, 3.63) is 52.6 Å². The van der Waals surface area contributed by atoms with E-state index in [1.54, 1.807) is 23.0 Å². The third-order valence-electron chi connectivity index (χ3n) is 5.90. The fourth-order valence-electron chi connectivity index (χ4n) is 4.16. The van der Waals surface area contributed by atoms with Crippen LogP contribution < -0.4 is 15.5 Å². The lowest BCUT2D eigenvalue weighted by atomic mass is 10.2. The predicted octanol–water partition coefficient (Wildman–Crippen LogP) is 1.56. The van der Waals surface area contributed by atoms with Gasteiger partial charge in [0.05, 0.1) is 6.26 Å². The molecule has 1 aliphatic heterocycles. The standard InChI is InChI=1S/C21H21N9O2S/c22-20-25-18-16(19-24-17(26-30(19)20)15-2-1-13-32-15)33-21(31)29(18)12-9-27-7-10-28(11-8-27)14-3-5-23-6-4-14/h1-6,13H,7-12H2,(H2,22,25). The summed E-state index contributed by atoms with van der Waals surface area (Å²) >= 11 is 1.11. The lowest BCUT2D eigenvalue weighted by molar-refractivity contribution is 0.248. The molecule has 33 heavy (non-hydrogen) atoms. The smallest absolute Gasteiger partial charge is 0.309 e. The van der Waals surface area contributed by atoms with E-state index in [1.165, 1.54) is 10.2 Å². The van der Waals surface area contributed by atoms with Crippen LogP contribution in [0.5, 0.6) is 0 Å². The molecule has 0 spiro atoms. The number of hydrogen-bond acceptors (Lipinski definition) is 10. The zero-order valence-corrected chi connectivity index (χ0v) is 18.5. The molecule has 1 fully saturated rings. The van der Waals surface area contributed by atoms with Gasteiger partial charge in [-0.05, 0) is 24.3 Å². The van der Waals surface area contributed by atoms with E-state index >= 15 is 0 Å². The number of pyridine rings is 1. The molecule has 0 saturated carbocycles. The van der Waals surface area contributed by atoms with Gasteiger partial charge in [0.1, 0.15) is 4.70 Å². The van der Waals surface area contributed by atoms with Crippen LogP contribution in [-0.2, 0) is 6.54 Å². The topological polar surface area (TPSA) is 124 Å². The van der Waals surface area contributed by atoms with Crippen molar-refractivity contribution in [3.8, 4) is 11.6 Å². The summed E-state index contributed by atoms with van der Waals surface area (Å²) in [5.41, 5.74) is 8.41. The van der Waals surface area contributed by atoms with Crippen LogP contribution >= 0.6 is 11.3 Å². The van der Waals surface area contributed by atoms with Gasteiger partial charge in [-0.25, -0.2) is 4.98 Å². The quantitative estimate of drug-likeness (QED) is 0.413. The molecule has 0 aromatic carbocycles. The second kappa shape index (κ2) is 7.98. The van der Waals surface area contributed by atoms with Gasteiger partial charge in [-0.15, -0.1) is 5.10 Å². The molecule has 5 aromatic heterocycles. The van der Waals surface area contributed by atoms with Crippen molar-refractivity contribution in [1.82, 2.24) is 34.0 Å². The van der Waals surface area contributed by atoms with Crippen molar-refractivity contribution in [1.29, 1.82) is 0 Å². The third kappa shape index (κ3) is 3.52. The zero-order valence-electron chi connectivity index (χ0n) is 17.7. The lowest BCUT2D eigenvalue weighted by Gasteiger charge is -2.36. The molecule has 0 amide bonds. The van der Waals surface area contributed by atoms with Gasteiger partial charge in [0, 0.05) is 57.3 Å². The van der Waals surface area contributed by atoms with Crippen molar-refractivity contribution >= 4 is 39.0 Å². The monoisotopic (exact) mass is 463 g/mol. The number of anilines is 2. The second-order valence-electron chi connectivity index (χ2n) is 7.82. The molecule has 6 rings (SSSR count). The first kappa shape index (κ1) is 19.9. The Balaban J connectivity index is 1.23. The molecule has 0 aliphatic carbocycles. The van der Waals surface area contributed by atoms with E-state index in [4.69, 9.17) is 10.2 Å². The molecule has 1 saturated heterocycles. The minimum Gasteiger partial charge on any atom is -0.461 e. The van der Waals surface area contributed by atoms with Crippen LogP contribution in [0.1, 0.15) is 0 Å². The lowest BCUT2D eigenvalue weighted by Crippen LogP contribution is -2.47. The summed E-state index contributed by atoms with van der Waals surface area (Å²) in [6.07, 6.45) is 5.20. The zero-order chi connectivity index (χ0) is 22.4. The molecule has 1 aliphatic rings. The van der Waals surface area contributed by atoms with E-state index in [0.717, 1.165) is 44.1 Å². The fraction of sp³-hybridized carbons (Fsp3) is 0.286. The number of hydrogen-bond donors (Lipinski definition) is 1. The molecule has 0 atom stereocenters. The number of aromatic nitrogens is 6. The molecule has 12 heteroatoms. The highest BCUT2D eigenvalue weighted by Gasteiger charge is 2.21. The highest BCUT2D eigenvalue weighted by Crippen LogP contribution is 2.25. The SMILES string of the molecule is Nc1nc2c(sc(=O)n2CCN2CCN(c3ccncc3)CC2)c2nc(-c3ccco3)nn12. The molecule has 2 N–H and O–H groups in total. The van der Waals surface area contributed by atoms with Crippen LogP contribution in [0.25, 0.3) is 27.6 Å². The van der Waals surface area contributed by atoms with Crippen LogP contribution in [0, 0.1) is 0 Å². The predicted molar refractivity (Wildman–Crippen MR) is 125 cm³/mol. The third-order valence-corrected chi connectivity index (χ3v) is 6.86. The Morgan fingerprint density at radius 1 is 1.03 bits per heavy atom. The average molecular weight is 464 g/mol. The highest BCUT2D eigenvalue weighted by atomic mass is 32.1. The first-order valence-corrected chi connectivity index (χ1v) is 11.5. The Kier molecular flexibility index (Phi) is 4.80. The number of nitrogens with zero attached hydrogens (tertiary/aromatic N) is 8. The molecule has 0 radical (unpaired) electrons. The summed E-state index contributed by atoms with van der Waals surface area (Å²) in [7, 11) is 0. The van der Waals surface area contributed by atoms with E-state index in [-0.39, 0.29) is 10.8 Å². The van der Waals surface area contributed by atoms with Crippen LogP contribution in [-0.4, -0.2) is 66.8 Å². The minimum absolute atomic E-state index is 0.0806. The van der Waals surface area contributed by atoms with E-state index in [1.807, 2.05) is 24.5 Å². The number of fused-ring (bicyclic) bond motifs is 3. The molecule has 168 valence electrons. The molecule has 6 heterocycles. The molecule has 11 nitrogen and oxygen atoms in total. The largest absolute Gasteiger partial charge is 0.461 e. The van der Waals surface area contributed by atoms with Gasteiger partial charge in [0.2, 0.25) is 11.8 Å². The van der Waals surface area contributed by atoms with Gasteiger partial charge in [-0.2, -0.15) is 9.50 Å². The maximum absolute atomic E-state index is 12.8. The summed E-state index contributed by atoms with van der Waals surface area (Å²) < 4.78 is 9.21. The first-order valence-electron chi connectivity index (χ1n) is 10.6. The fourth-order valence-corrected chi connectivity index (χ4v) is 5.09. The summed E-state index contributed by atoms with van der Waals surface area (Å²) in [4.78, 5) is 30.6. The normalized spacial score (nSPS) is 15.1. The van der Waals surface area contributed by atoms with E-state index < -0.39 is 0 Å². The number of nitrogen functional groups attached to an aromatic ring is 1. The van der Waals surface area contributed by atoms with Crippen molar-refractivity contribution in [2.45, 2.75) is 6.54 Å². The molecular formula is C21H21N9O2S. The van der Waals surface area contributed by atoms with Crippen LogP contribution in [0.4, 0.5) is 11.6 Å². The van der Waals surface area contributed by atoms with Crippen LogP contribution in [0.15, 0.2) is 52.1 Å². The van der Waals surface area contributed by atoms with Gasteiger partial charge < -0.3 is 15.1 Å². The minimum atomic E-state index is -0.0806. The summed E-state index contributed by atoms with van der Waals surface area (Å²) in [6, 6.07) is 7.61. The number of thiazole rings is 1. The van der Waals surface area contributed by atoms with Gasteiger partial charge in [-0.1, -0.05) is 11.3 Å². The second-order valence-corrected chi connectivity index (χ2v) is 8.79. The Bertz CT molecular complexity index is 1460. The van der Waals surface area contributed by atoms with Crippen molar-refractivity contribution in [3.63, 3.8) is 0 Å². The summed E-state index contributed by atoms with van der Waals surface area (Å²) in [5.74, 6) is 1.12. The van der Waals surface area contributed by atoms with Gasteiger partial charge >= 0.3 is 4.87 Å². The maximum Gasteiger partial charge on any atom is 0.309 e. The molecule has 0 bridgehead atoms. The summed E-state index contributed by atoms with van der Waals surface area (Å²) in [6.45, 7) is 5.02. The number of rotatable bonds is 5. The van der Waals surface area contributed by atoms with Gasteiger partial charge in [0.25, 0.3) is 0 Å². The Morgan fingerprint density at radius 3 is 2.61 bits per heavy atom. The van der Waals surface area contributed by atoms with Crippen molar-refractivity contribution < 1.29 is 4.42 Å². The maximum atomic E-state index is 12.8. The number of piperazine rings is 1. The molecule has 0 unspecified atom stereocenters. The molecular weight excluding hydrogens is 442 g/mol. The van der Waals surface area contributed by atoms with Gasteiger partial charge in [-0.3, -0.25) is 19.2 Å². The van der Waals surface area contributed by atoms with E-state index in [9.17, 15) is 4.79 Å². The highest BCUT2D eigenvalue weighted by molar-refractivity contribution is 7.17. The van der Waals surface area contributed by atoms with E-state index in [2.05, 4.69) is 29.9 Å². The Labute approximate surface area is 191 Å². The van der Waals surface area contributed by atoms with E-state index in [0.29, 0.717) is 34.1 Å². The Hall–Kier alpha value is -3.77. The molecule has 5 aromatic rings. The Morgan fingerprint density at radius 2 is 1.85 bits per heavy atom. The van der Waals surface area contributed by atoms with Crippen molar-refractivity contribution in [2.75, 3.05) is 43.4 Å². The number of furan rings is 1. The number of nitrogens with two attached hydrogens (primary N) is 1. The summed E-state index contributed by atoms with van der Waals surface area (Å²) in [5, 5.41) is 4.40. The van der Waals surface area contributed by atoms with Crippen molar-refractivity contribution in [2.24, 2.45) is 0 Å². The van der Waals surface area contributed by atoms with Crippen LogP contribution in [0.2, 0.25) is 0 Å². The van der Waals surface area contributed by atoms with Gasteiger partial charge in [0.15, 0.2) is 17.1 Å².